The van der Waals surface area contributed by atoms with Gasteiger partial charge in [-0.2, -0.15) is 5.10 Å². The molecule has 2 fully saturated rings. The number of nitrogens with one attached hydrogen (secondary N) is 1. The maximum Gasteiger partial charge on any atom is 0.245 e. The van der Waals surface area contributed by atoms with Crippen LogP contribution in [0.25, 0.3) is 39.0 Å². The van der Waals surface area contributed by atoms with Crippen LogP contribution in [0.15, 0.2) is 61.1 Å². The minimum absolute atomic E-state index is 0.0253. The molecule has 7 heterocycles. The van der Waals surface area contributed by atoms with Gasteiger partial charge in [0.1, 0.15) is 52.9 Å². The molecule has 52 heavy (non-hydrogen) atoms. The van der Waals surface area contributed by atoms with Gasteiger partial charge in [0, 0.05) is 50.0 Å². The molecule has 3 aliphatic rings. The van der Waals surface area contributed by atoms with Gasteiger partial charge >= 0.3 is 0 Å². The minimum atomic E-state index is -0.566. The third-order valence-corrected chi connectivity index (χ3v) is 10.1. The maximum absolute atomic E-state index is 15.0. The second kappa shape index (κ2) is 12.8. The average molecular weight is 707 g/mol. The number of ether oxygens (including phenoxy) is 2. The number of benzene rings is 2. The number of fused-ring (bicyclic) bond motifs is 8. The van der Waals surface area contributed by atoms with Gasteiger partial charge in [-0.05, 0) is 57.0 Å². The lowest BCUT2D eigenvalue weighted by Crippen LogP contribution is -2.48. The van der Waals surface area contributed by atoms with E-state index in [-0.39, 0.29) is 18.1 Å². The molecular weight excluding hydrogens is 670 g/mol. The van der Waals surface area contributed by atoms with E-state index in [9.17, 15) is 9.18 Å². The molecule has 6 bridgehead atoms. The number of hydrogen-bond donors (Lipinski definition) is 1. The number of aryl methyl sites for hydroxylation is 1. The summed E-state index contributed by atoms with van der Waals surface area (Å²) in [5.41, 5.74) is 3.59. The second-order valence-electron chi connectivity index (χ2n) is 13.4. The lowest BCUT2D eigenvalue weighted by Gasteiger charge is -2.31. The van der Waals surface area contributed by atoms with Gasteiger partial charge in [-0.1, -0.05) is 6.07 Å². The van der Waals surface area contributed by atoms with E-state index in [2.05, 4.69) is 20.0 Å². The zero-order chi connectivity index (χ0) is 35.5. The van der Waals surface area contributed by atoms with Crippen molar-refractivity contribution in [2.45, 2.75) is 51.4 Å². The molecule has 1 amide bonds. The fraction of sp³-hybridized carbons (Fsp3) is 0.351. The van der Waals surface area contributed by atoms with E-state index in [1.54, 1.807) is 16.9 Å². The van der Waals surface area contributed by atoms with E-state index in [0.29, 0.717) is 103 Å². The molecule has 0 spiro atoms. The molecule has 3 atom stereocenters. The average Bonchev–Trinajstić information content (AvgIpc) is 3.78. The first-order chi connectivity index (χ1) is 25.3. The van der Waals surface area contributed by atoms with Gasteiger partial charge in [0.2, 0.25) is 5.91 Å². The Morgan fingerprint density at radius 1 is 1.04 bits per heavy atom. The van der Waals surface area contributed by atoms with Gasteiger partial charge < -0.3 is 29.2 Å². The summed E-state index contributed by atoms with van der Waals surface area (Å²) in [5, 5.41) is 8.84. The minimum Gasteiger partial charge on any atom is -0.492 e. The number of aromatic nitrogens is 7. The number of rotatable bonds is 4. The lowest BCUT2D eigenvalue weighted by atomic mass is 10.1. The molecule has 266 valence electrons. The van der Waals surface area contributed by atoms with Crippen molar-refractivity contribution in [2.24, 2.45) is 0 Å². The van der Waals surface area contributed by atoms with Crippen molar-refractivity contribution in [3.63, 3.8) is 0 Å². The Labute approximate surface area is 297 Å². The van der Waals surface area contributed by atoms with E-state index in [1.165, 1.54) is 30.6 Å². The van der Waals surface area contributed by atoms with Crippen LogP contribution < -0.4 is 15.0 Å². The fourth-order valence-electron chi connectivity index (χ4n) is 7.84. The van der Waals surface area contributed by atoms with Gasteiger partial charge in [0.15, 0.2) is 5.65 Å². The van der Waals surface area contributed by atoms with Crippen LogP contribution >= 0.6 is 0 Å². The molecule has 4 aromatic heterocycles. The van der Waals surface area contributed by atoms with Crippen molar-refractivity contribution in [1.29, 1.82) is 0 Å². The maximum atomic E-state index is 15.0. The molecule has 2 saturated heterocycles. The van der Waals surface area contributed by atoms with Crippen LogP contribution in [0.3, 0.4) is 0 Å². The zero-order valence-corrected chi connectivity index (χ0v) is 28.7. The van der Waals surface area contributed by atoms with Gasteiger partial charge in [-0.15, -0.1) is 0 Å². The number of pyridine rings is 1. The summed E-state index contributed by atoms with van der Waals surface area (Å²) in [6.07, 6.45) is 3.97. The SMILES string of the molecule is CCOc1cc(F)ccc1-n1ncc2c(N3C[C@@H]4C[C@H]3C(=O)N3CCCO[C@H](C3)Cn3c(C)nc5cc(F)cc(c53)-c3cccc(n3)N4)ncnc21. The van der Waals surface area contributed by atoms with Crippen LogP contribution in [0.2, 0.25) is 0 Å². The fourth-order valence-corrected chi connectivity index (χ4v) is 7.84. The number of amides is 1. The van der Waals surface area contributed by atoms with Crippen molar-refractivity contribution >= 4 is 39.6 Å². The van der Waals surface area contributed by atoms with Gasteiger partial charge in [0.05, 0.1) is 47.6 Å². The molecule has 9 rings (SSSR count). The Bertz CT molecular complexity index is 2340. The Morgan fingerprint density at radius 2 is 1.94 bits per heavy atom. The van der Waals surface area contributed by atoms with Gasteiger partial charge in [0.25, 0.3) is 0 Å². The Kier molecular flexibility index (Phi) is 7.94. The summed E-state index contributed by atoms with van der Waals surface area (Å²) < 4.78 is 45.0. The largest absolute Gasteiger partial charge is 0.492 e. The Morgan fingerprint density at radius 3 is 2.83 bits per heavy atom. The smallest absolute Gasteiger partial charge is 0.245 e. The van der Waals surface area contributed by atoms with E-state index in [1.807, 2.05) is 41.8 Å². The number of imidazole rings is 1. The normalized spacial score (nSPS) is 20.5. The van der Waals surface area contributed by atoms with Crippen LogP contribution in [-0.4, -0.2) is 96.1 Å². The van der Waals surface area contributed by atoms with Crippen LogP contribution in [0.5, 0.6) is 5.75 Å². The number of hydrogen-bond acceptors (Lipinski definition) is 10. The highest BCUT2D eigenvalue weighted by atomic mass is 19.1. The summed E-state index contributed by atoms with van der Waals surface area (Å²) >= 11 is 0. The number of anilines is 2. The number of carbonyl (C=O) groups excluding carboxylic acids is 1. The van der Waals surface area contributed by atoms with E-state index < -0.39 is 17.7 Å². The summed E-state index contributed by atoms with van der Waals surface area (Å²) in [4.78, 5) is 37.6. The summed E-state index contributed by atoms with van der Waals surface area (Å²) in [5.74, 6) is 1.38. The monoisotopic (exact) mass is 706 g/mol. The first-order valence-corrected chi connectivity index (χ1v) is 17.5. The first kappa shape index (κ1) is 32.2. The first-order valence-electron chi connectivity index (χ1n) is 17.5. The van der Waals surface area contributed by atoms with Crippen molar-refractivity contribution < 1.29 is 23.0 Å². The number of carbonyl (C=O) groups is 1. The van der Waals surface area contributed by atoms with Gasteiger partial charge in [-0.3, -0.25) is 4.79 Å². The molecule has 1 N–H and O–H groups in total. The molecular formula is C37H36F2N10O3. The van der Waals surface area contributed by atoms with E-state index in [0.717, 1.165) is 11.3 Å². The van der Waals surface area contributed by atoms with Crippen LogP contribution in [0.1, 0.15) is 25.6 Å². The Hall–Kier alpha value is -5.70. The topological polar surface area (TPSA) is 128 Å². The van der Waals surface area contributed by atoms with Crippen LogP contribution in [0, 0.1) is 18.6 Å². The molecule has 0 unspecified atom stereocenters. The summed E-state index contributed by atoms with van der Waals surface area (Å²) in [6, 6.07) is 12.1. The molecule has 0 radical (unpaired) electrons. The highest BCUT2D eigenvalue weighted by Crippen LogP contribution is 2.36. The van der Waals surface area contributed by atoms with Gasteiger partial charge in [-0.25, -0.2) is 33.4 Å². The molecule has 3 aliphatic heterocycles. The number of halogens is 2. The highest BCUT2D eigenvalue weighted by molar-refractivity contribution is 5.94. The molecule has 2 aromatic carbocycles. The highest BCUT2D eigenvalue weighted by Gasteiger charge is 2.42. The number of nitrogens with zero attached hydrogens (tertiary/aromatic N) is 9. The van der Waals surface area contributed by atoms with Crippen LogP contribution in [0.4, 0.5) is 20.4 Å². The quantitative estimate of drug-likeness (QED) is 0.270. The molecule has 15 heteroatoms. The predicted molar refractivity (Wildman–Crippen MR) is 190 cm³/mol. The van der Waals surface area contributed by atoms with E-state index >= 15 is 4.39 Å². The summed E-state index contributed by atoms with van der Waals surface area (Å²) in [7, 11) is 0. The lowest BCUT2D eigenvalue weighted by molar-refractivity contribution is -0.133. The molecule has 0 saturated carbocycles. The second-order valence-corrected chi connectivity index (χ2v) is 13.4. The third-order valence-electron chi connectivity index (χ3n) is 10.1. The van der Waals surface area contributed by atoms with Crippen molar-refractivity contribution in [3.8, 4) is 22.7 Å². The predicted octanol–water partition coefficient (Wildman–Crippen LogP) is 4.90. The van der Waals surface area contributed by atoms with Crippen molar-refractivity contribution in [2.75, 3.05) is 43.1 Å². The molecule has 6 aromatic rings. The van der Waals surface area contributed by atoms with Crippen molar-refractivity contribution in [1.82, 2.24) is 39.2 Å². The van der Waals surface area contributed by atoms with Crippen molar-refractivity contribution in [3.05, 3.63) is 78.5 Å². The van der Waals surface area contributed by atoms with E-state index in [4.69, 9.17) is 24.4 Å². The summed E-state index contributed by atoms with van der Waals surface area (Å²) in [6.45, 7) is 6.36. The Balaban J connectivity index is 1.15. The molecule has 0 aliphatic carbocycles. The molecule has 13 nitrogen and oxygen atoms in total. The third kappa shape index (κ3) is 5.55. The standard InChI is InChI=1S/C37H36F2N10O3/c1-3-51-32-14-22(38)8-9-30(32)49-36-27(16-42-49)35(40-20-41-36)48-17-24-15-31(48)37(50)46-10-5-11-52-25(18-46)19-47-21(2)43-29-13-23(39)12-26(34(29)47)28-6-4-7-33(44-24)45-28/h4,6-9,12-14,16,20,24-25,31H,3,5,10-11,15,17-19H2,1-2H3,(H,44,45)/t24-,25+,31-/m0/s1. The zero-order valence-electron chi connectivity index (χ0n) is 28.7. The van der Waals surface area contributed by atoms with Crippen LogP contribution in [-0.2, 0) is 16.1 Å².